The van der Waals surface area contributed by atoms with Gasteiger partial charge in [0.25, 0.3) is 0 Å². The van der Waals surface area contributed by atoms with Crippen LogP contribution in [0.15, 0.2) is 34.1 Å². The highest BCUT2D eigenvalue weighted by Crippen LogP contribution is 2.41. The molecule has 0 saturated heterocycles. The third-order valence-corrected chi connectivity index (χ3v) is 5.74. The zero-order valence-electron chi connectivity index (χ0n) is 14.8. The van der Waals surface area contributed by atoms with Crippen molar-refractivity contribution in [2.45, 2.75) is 9.79 Å². The van der Waals surface area contributed by atoms with Crippen LogP contribution in [-0.4, -0.2) is 57.9 Å². The molecule has 0 atom stereocenters. The van der Waals surface area contributed by atoms with Crippen LogP contribution in [0.1, 0.15) is 15.9 Å². The number of phenols is 2. The van der Waals surface area contributed by atoms with Crippen LogP contribution in [0.25, 0.3) is 0 Å². The number of phenolic OH excluding ortho intramolecular Hbond substituents is 2. The van der Waals surface area contributed by atoms with Crippen molar-refractivity contribution >= 4 is 25.7 Å². The van der Waals surface area contributed by atoms with Gasteiger partial charge in [-0.3, -0.25) is 4.79 Å². The SMILES string of the molecule is COc1c(S(C)(=O)=O)ccc(C(=O)c2ccc(S(=O)(=O)[O-])c(OC)c2O)c1O. The number of ether oxygens (including phenoxy) is 2. The lowest BCUT2D eigenvalue weighted by molar-refractivity contribution is 0.103. The van der Waals surface area contributed by atoms with E-state index in [1.54, 1.807) is 0 Å². The van der Waals surface area contributed by atoms with Crippen molar-refractivity contribution in [1.29, 1.82) is 0 Å². The van der Waals surface area contributed by atoms with Crippen molar-refractivity contribution in [2.75, 3.05) is 20.5 Å². The summed E-state index contributed by atoms with van der Waals surface area (Å²) in [7, 11) is -6.71. The van der Waals surface area contributed by atoms with E-state index in [9.17, 15) is 36.4 Å². The Hall–Kier alpha value is -2.83. The molecule has 0 heterocycles. The van der Waals surface area contributed by atoms with E-state index in [0.29, 0.717) is 0 Å². The van der Waals surface area contributed by atoms with Gasteiger partial charge in [0.2, 0.25) is 5.78 Å². The Morgan fingerprint density at radius 2 is 1.25 bits per heavy atom. The predicted molar refractivity (Wildman–Crippen MR) is 93.8 cm³/mol. The van der Waals surface area contributed by atoms with E-state index in [0.717, 1.165) is 44.7 Å². The minimum Gasteiger partial charge on any atom is -0.744 e. The summed E-state index contributed by atoms with van der Waals surface area (Å²) in [6.07, 6.45) is 0.880. The second-order valence-corrected chi connectivity index (χ2v) is 8.87. The number of aromatic hydroxyl groups is 2. The molecule has 10 nitrogen and oxygen atoms in total. The lowest BCUT2D eigenvalue weighted by Gasteiger charge is -2.16. The Labute approximate surface area is 160 Å². The number of ketones is 1. The normalized spacial score (nSPS) is 11.9. The Bertz CT molecular complexity index is 1070. The van der Waals surface area contributed by atoms with Crippen LogP contribution in [0.5, 0.6) is 23.0 Å². The van der Waals surface area contributed by atoms with Crippen molar-refractivity contribution in [2.24, 2.45) is 0 Å². The van der Waals surface area contributed by atoms with Gasteiger partial charge in [0.1, 0.15) is 19.9 Å². The highest BCUT2D eigenvalue weighted by molar-refractivity contribution is 7.90. The van der Waals surface area contributed by atoms with Gasteiger partial charge in [-0.15, -0.1) is 0 Å². The molecule has 0 aliphatic heterocycles. The summed E-state index contributed by atoms with van der Waals surface area (Å²) in [4.78, 5) is 11.5. The molecule has 0 radical (unpaired) electrons. The van der Waals surface area contributed by atoms with Crippen LogP contribution in [0.3, 0.4) is 0 Å². The fourth-order valence-corrected chi connectivity index (χ4v) is 3.97. The number of carbonyl (C=O) groups is 1. The van der Waals surface area contributed by atoms with Crippen molar-refractivity contribution in [3.63, 3.8) is 0 Å². The number of methoxy groups -OCH3 is 2. The van der Waals surface area contributed by atoms with Gasteiger partial charge < -0.3 is 24.2 Å². The van der Waals surface area contributed by atoms with Crippen LogP contribution in [0.4, 0.5) is 0 Å². The van der Waals surface area contributed by atoms with Crippen LogP contribution in [0.2, 0.25) is 0 Å². The molecule has 152 valence electrons. The van der Waals surface area contributed by atoms with Gasteiger partial charge in [-0.2, -0.15) is 0 Å². The topological polar surface area (TPSA) is 167 Å². The van der Waals surface area contributed by atoms with Gasteiger partial charge in [0.05, 0.1) is 25.3 Å². The fraction of sp³-hybridized carbons (Fsp3) is 0.188. The number of hydrogen-bond acceptors (Lipinski definition) is 10. The number of carbonyl (C=O) groups excluding carboxylic acids is 1. The molecule has 2 aromatic carbocycles. The van der Waals surface area contributed by atoms with Crippen molar-refractivity contribution in [3.8, 4) is 23.0 Å². The largest absolute Gasteiger partial charge is 0.744 e. The number of hydrogen-bond donors (Lipinski definition) is 2. The Balaban J connectivity index is 2.71. The van der Waals surface area contributed by atoms with Crippen molar-refractivity contribution < 1.29 is 45.9 Å². The van der Waals surface area contributed by atoms with Crippen LogP contribution < -0.4 is 9.47 Å². The van der Waals surface area contributed by atoms with Gasteiger partial charge in [0, 0.05) is 6.26 Å². The molecule has 0 bridgehead atoms. The average molecular weight is 431 g/mol. The molecule has 0 aromatic heterocycles. The Morgan fingerprint density at radius 3 is 1.61 bits per heavy atom. The van der Waals surface area contributed by atoms with E-state index < -0.39 is 64.8 Å². The molecule has 2 N–H and O–H groups in total. The maximum absolute atomic E-state index is 12.7. The maximum atomic E-state index is 12.7. The number of sulfone groups is 1. The number of benzene rings is 2. The van der Waals surface area contributed by atoms with Gasteiger partial charge in [-0.1, -0.05) is 0 Å². The van der Waals surface area contributed by atoms with Gasteiger partial charge >= 0.3 is 0 Å². The lowest BCUT2D eigenvalue weighted by Crippen LogP contribution is -2.09. The summed E-state index contributed by atoms with van der Waals surface area (Å²) in [6.45, 7) is 0. The monoisotopic (exact) mass is 431 g/mol. The smallest absolute Gasteiger partial charge is 0.200 e. The molecular formula is C16H15O10S2-. The van der Waals surface area contributed by atoms with Crippen LogP contribution in [-0.2, 0) is 20.0 Å². The third-order valence-electron chi connectivity index (χ3n) is 3.76. The Morgan fingerprint density at radius 1 is 0.857 bits per heavy atom. The minimum absolute atomic E-state index is 0.362. The van der Waals surface area contributed by atoms with Crippen molar-refractivity contribution in [3.05, 3.63) is 35.4 Å². The van der Waals surface area contributed by atoms with Gasteiger partial charge in [-0.05, 0) is 24.3 Å². The first kappa shape index (κ1) is 21.5. The molecule has 0 spiro atoms. The standard InChI is InChI=1S/C16H16O10S2/c1-25-15-10(27(3,20)21)6-4-8(13(15)18)12(17)9-5-7-11(28(22,23)24)16(26-2)14(9)19/h4-7,18-19H,1-3H3,(H,22,23,24)/p-1. The van der Waals surface area contributed by atoms with Crippen LogP contribution in [0, 0.1) is 0 Å². The maximum Gasteiger partial charge on any atom is 0.200 e. The Kier molecular flexibility index (Phi) is 5.59. The molecule has 2 rings (SSSR count). The molecule has 0 saturated carbocycles. The van der Waals surface area contributed by atoms with Crippen LogP contribution >= 0.6 is 0 Å². The molecule has 0 amide bonds. The first-order chi connectivity index (χ1) is 12.8. The van der Waals surface area contributed by atoms with E-state index in [1.165, 1.54) is 0 Å². The van der Waals surface area contributed by atoms with E-state index in [1.807, 2.05) is 0 Å². The van der Waals surface area contributed by atoms with Crippen molar-refractivity contribution in [1.82, 2.24) is 0 Å². The second-order valence-electron chi connectivity index (χ2n) is 5.54. The van der Waals surface area contributed by atoms with E-state index in [4.69, 9.17) is 9.47 Å². The highest BCUT2D eigenvalue weighted by atomic mass is 32.2. The molecular weight excluding hydrogens is 416 g/mol. The molecule has 0 aliphatic carbocycles. The summed E-state index contributed by atoms with van der Waals surface area (Å²) < 4.78 is 66.9. The molecule has 0 fully saturated rings. The average Bonchev–Trinajstić information content (AvgIpc) is 2.58. The minimum atomic E-state index is -5.00. The molecule has 0 aliphatic rings. The summed E-state index contributed by atoms with van der Waals surface area (Å²) in [6, 6.07) is 3.67. The summed E-state index contributed by atoms with van der Waals surface area (Å²) in [5.41, 5.74) is -0.923. The van der Waals surface area contributed by atoms with E-state index in [2.05, 4.69) is 0 Å². The second kappa shape index (κ2) is 7.30. The zero-order chi connectivity index (χ0) is 21.4. The van der Waals surface area contributed by atoms with Gasteiger partial charge in [-0.25, -0.2) is 16.8 Å². The fourth-order valence-electron chi connectivity index (χ4n) is 2.50. The zero-order valence-corrected chi connectivity index (χ0v) is 16.4. The molecule has 0 unspecified atom stereocenters. The third kappa shape index (κ3) is 3.74. The molecule has 28 heavy (non-hydrogen) atoms. The molecule has 2 aromatic rings. The van der Waals surface area contributed by atoms with E-state index >= 15 is 0 Å². The summed E-state index contributed by atoms with van der Waals surface area (Å²) >= 11 is 0. The predicted octanol–water partition coefficient (Wildman–Crippen LogP) is 0.654. The quantitative estimate of drug-likeness (QED) is 0.489. The highest BCUT2D eigenvalue weighted by Gasteiger charge is 2.27. The lowest BCUT2D eigenvalue weighted by atomic mass is 10.0. The van der Waals surface area contributed by atoms with E-state index in [-0.39, 0.29) is 4.90 Å². The summed E-state index contributed by atoms with van der Waals surface area (Å²) in [5, 5.41) is 20.5. The first-order valence-corrected chi connectivity index (χ1v) is 10.6. The molecule has 12 heteroatoms. The first-order valence-electron chi connectivity index (χ1n) is 7.35. The van der Waals surface area contributed by atoms with Gasteiger partial charge in [0.15, 0.2) is 32.8 Å². The summed E-state index contributed by atoms with van der Waals surface area (Å²) in [5.74, 6) is -3.94. The number of rotatable bonds is 6.